The molecule has 7 nitrogen and oxygen atoms in total. The zero-order valence-electron chi connectivity index (χ0n) is 21.1. The van der Waals surface area contributed by atoms with Gasteiger partial charge in [0.25, 0.3) is 11.8 Å². The second kappa shape index (κ2) is 11.0. The van der Waals surface area contributed by atoms with Crippen molar-refractivity contribution >= 4 is 28.9 Å². The Morgan fingerprint density at radius 2 is 1.11 bits per heavy atom. The SMILES string of the molecule is CC(C)(O)C#Cc1cccc(NC(=O)c2cc(N)cc(C(=O)Nc3cccc(C#CC(C)(C)O)c3)c2)c1. The van der Waals surface area contributed by atoms with Gasteiger partial charge in [-0.15, -0.1) is 0 Å². The molecule has 0 aromatic heterocycles. The molecule has 0 atom stereocenters. The van der Waals surface area contributed by atoms with Crippen LogP contribution in [0.15, 0.2) is 66.7 Å². The molecule has 0 aliphatic rings. The number of nitrogens with two attached hydrogens (primary N) is 1. The van der Waals surface area contributed by atoms with Crippen LogP contribution in [-0.4, -0.2) is 33.2 Å². The lowest BCUT2D eigenvalue weighted by Crippen LogP contribution is -2.16. The van der Waals surface area contributed by atoms with Crippen LogP contribution < -0.4 is 16.4 Å². The van der Waals surface area contributed by atoms with E-state index < -0.39 is 23.0 Å². The molecule has 3 aromatic carbocycles. The molecule has 0 aliphatic carbocycles. The monoisotopic (exact) mass is 495 g/mol. The fraction of sp³-hybridized carbons (Fsp3) is 0.200. The van der Waals surface area contributed by atoms with E-state index in [9.17, 15) is 19.8 Å². The van der Waals surface area contributed by atoms with Gasteiger partial charge in [-0.25, -0.2) is 0 Å². The van der Waals surface area contributed by atoms with Crippen molar-refractivity contribution in [1.82, 2.24) is 0 Å². The van der Waals surface area contributed by atoms with Crippen LogP contribution in [0.3, 0.4) is 0 Å². The van der Waals surface area contributed by atoms with Crippen LogP contribution in [0.1, 0.15) is 59.5 Å². The molecule has 2 amide bonds. The van der Waals surface area contributed by atoms with Crippen LogP contribution in [0.25, 0.3) is 0 Å². The predicted molar refractivity (Wildman–Crippen MR) is 146 cm³/mol. The fourth-order valence-corrected chi connectivity index (χ4v) is 3.12. The Balaban J connectivity index is 1.77. The number of hydrogen-bond donors (Lipinski definition) is 5. The average Bonchev–Trinajstić information content (AvgIpc) is 2.81. The van der Waals surface area contributed by atoms with Gasteiger partial charge in [0.15, 0.2) is 0 Å². The van der Waals surface area contributed by atoms with Crippen LogP contribution in [0, 0.1) is 23.7 Å². The summed E-state index contributed by atoms with van der Waals surface area (Å²) in [7, 11) is 0. The number of amides is 2. The van der Waals surface area contributed by atoms with Gasteiger partial charge in [0.2, 0.25) is 0 Å². The molecule has 0 bridgehead atoms. The van der Waals surface area contributed by atoms with E-state index in [-0.39, 0.29) is 16.8 Å². The first-order chi connectivity index (χ1) is 17.3. The number of anilines is 3. The minimum atomic E-state index is -1.14. The summed E-state index contributed by atoms with van der Waals surface area (Å²) in [4.78, 5) is 25.8. The lowest BCUT2D eigenvalue weighted by molar-refractivity contribution is 0.102. The van der Waals surface area contributed by atoms with Gasteiger partial charge in [-0.05, 0) is 82.3 Å². The number of hydrogen-bond acceptors (Lipinski definition) is 5. The Kier molecular flexibility index (Phi) is 8.04. The zero-order chi connectivity index (χ0) is 27.2. The van der Waals surface area contributed by atoms with E-state index in [0.29, 0.717) is 22.5 Å². The van der Waals surface area contributed by atoms with Crippen molar-refractivity contribution in [2.45, 2.75) is 38.9 Å². The third kappa shape index (κ3) is 8.87. The lowest BCUT2D eigenvalue weighted by Gasteiger charge is -2.10. The summed E-state index contributed by atoms with van der Waals surface area (Å²) in [6, 6.07) is 18.2. The van der Waals surface area contributed by atoms with Gasteiger partial charge < -0.3 is 26.6 Å². The molecule has 3 rings (SSSR count). The van der Waals surface area contributed by atoms with Crippen LogP contribution >= 0.6 is 0 Å². The Morgan fingerprint density at radius 3 is 1.49 bits per heavy atom. The lowest BCUT2D eigenvalue weighted by atomic mass is 10.1. The third-order valence-electron chi connectivity index (χ3n) is 4.75. The summed E-state index contributed by atoms with van der Waals surface area (Å²) in [5.74, 6) is 10.3. The van der Waals surface area contributed by atoms with Gasteiger partial charge in [0, 0.05) is 39.3 Å². The molecule has 188 valence electrons. The number of nitrogen functional groups attached to an aromatic ring is 1. The molecule has 0 saturated heterocycles. The standard InChI is InChI=1S/C30H29N3O4/c1-29(2,36)13-11-20-7-5-9-25(15-20)32-27(34)22-17-23(19-24(31)18-22)28(35)33-26-10-6-8-21(16-26)12-14-30(3,4)37/h5-10,15-19,36-37H,31H2,1-4H3,(H,32,34)(H,33,35). The molecule has 3 aromatic rings. The number of carbonyl (C=O) groups excluding carboxylic acids is 2. The van der Waals surface area contributed by atoms with E-state index in [2.05, 4.69) is 34.3 Å². The number of aliphatic hydroxyl groups is 2. The second-order valence-electron chi connectivity index (χ2n) is 9.53. The smallest absolute Gasteiger partial charge is 0.255 e. The predicted octanol–water partition coefficient (Wildman–Crippen LogP) is 4.02. The van der Waals surface area contributed by atoms with Crippen molar-refractivity contribution in [3.63, 3.8) is 0 Å². The summed E-state index contributed by atoms with van der Waals surface area (Å²) in [6.45, 7) is 6.34. The fourth-order valence-electron chi connectivity index (χ4n) is 3.12. The summed E-state index contributed by atoms with van der Waals surface area (Å²) in [5, 5.41) is 25.2. The van der Waals surface area contributed by atoms with E-state index in [1.165, 1.54) is 18.2 Å². The molecular formula is C30H29N3O4. The average molecular weight is 496 g/mol. The molecule has 7 heteroatoms. The highest BCUT2D eigenvalue weighted by atomic mass is 16.3. The number of rotatable bonds is 4. The Hall–Kier alpha value is -4.56. The molecular weight excluding hydrogens is 466 g/mol. The van der Waals surface area contributed by atoms with Crippen molar-refractivity contribution in [2.24, 2.45) is 0 Å². The van der Waals surface area contributed by atoms with Crippen molar-refractivity contribution in [3.05, 3.63) is 89.0 Å². The van der Waals surface area contributed by atoms with Crippen molar-refractivity contribution in [2.75, 3.05) is 16.4 Å². The largest absolute Gasteiger partial charge is 0.399 e. The minimum Gasteiger partial charge on any atom is -0.399 e. The number of benzene rings is 3. The van der Waals surface area contributed by atoms with Crippen LogP contribution in [0.2, 0.25) is 0 Å². The quantitative estimate of drug-likeness (QED) is 0.276. The first-order valence-electron chi connectivity index (χ1n) is 11.5. The minimum absolute atomic E-state index is 0.211. The van der Waals surface area contributed by atoms with Crippen LogP contribution in [0.4, 0.5) is 17.1 Å². The second-order valence-corrected chi connectivity index (χ2v) is 9.53. The van der Waals surface area contributed by atoms with Gasteiger partial charge in [-0.2, -0.15) is 0 Å². The summed E-state index contributed by atoms with van der Waals surface area (Å²) >= 11 is 0. The zero-order valence-corrected chi connectivity index (χ0v) is 21.1. The normalized spacial score (nSPS) is 10.9. The van der Waals surface area contributed by atoms with E-state index in [1.54, 1.807) is 76.2 Å². The Labute approximate surface area is 216 Å². The van der Waals surface area contributed by atoms with Crippen molar-refractivity contribution < 1.29 is 19.8 Å². The topological polar surface area (TPSA) is 125 Å². The van der Waals surface area contributed by atoms with Gasteiger partial charge in [0.05, 0.1) is 0 Å². The van der Waals surface area contributed by atoms with Gasteiger partial charge in [-0.3, -0.25) is 9.59 Å². The molecule has 37 heavy (non-hydrogen) atoms. The van der Waals surface area contributed by atoms with Gasteiger partial charge >= 0.3 is 0 Å². The van der Waals surface area contributed by atoms with E-state index in [1.807, 2.05) is 0 Å². The summed E-state index contributed by atoms with van der Waals surface area (Å²) in [5.41, 5.74) is 6.66. The Bertz CT molecular complexity index is 1350. The number of carbonyl (C=O) groups is 2. The highest BCUT2D eigenvalue weighted by Crippen LogP contribution is 2.18. The van der Waals surface area contributed by atoms with Gasteiger partial charge in [0.1, 0.15) is 11.2 Å². The first kappa shape index (κ1) is 27.0. The summed E-state index contributed by atoms with van der Waals surface area (Å²) < 4.78 is 0. The maximum Gasteiger partial charge on any atom is 0.255 e. The molecule has 0 radical (unpaired) electrons. The highest BCUT2D eigenvalue weighted by Gasteiger charge is 2.14. The maximum absolute atomic E-state index is 12.9. The number of nitrogens with one attached hydrogen (secondary N) is 2. The summed E-state index contributed by atoms with van der Waals surface area (Å²) in [6.07, 6.45) is 0. The van der Waals surface area contributed by atoms with E-state index >= 15 is 0 Å². The van der Waals surface area contributed by atoms with Crippen LogP contribution in [0.5, 0.6) is 0 Å². The first-order valence-corrected chi connectivity index (χ1v) is 11.5. The van der Waals surface area contributed by atoms with E-state index in [4.69, 9.17) is 5.73 Å². The maximum atomic E-state index is 12.9. The molecule has 0 saturated carbocycles. The Morgan fingerprint density at radius 1 is 0.703 bits per heavy atom. The molecule has 0 heterocycles. The van der Waals surface area contributed by atoms with Crippen molar-refractivity contribution in [3.8, 4) is 23.7 Å². The van der Waals surface area contributed by atoms with Crippen molar-refractivity contribution in [1.29, 1.82) is 0 Å². The molecule has 0 fully saturated rings. The molecule has 0 spiro atoms. The third-order valence-corrected chi connectivity index (χ3v) is 4.75. The van der Waals surface area contributed by atoms with E-state index in [0.717, 1.165) is 0 Å². The molecule has 0 unspecified atom stereocenters. The molecule has 0 aliphatic heterocycles. The van der Waals surface area contributed by atoms with Gasteiger partial charge in [-0.1, -0.05) is 35.8 Å². The molecule has 6 N–H and O–H groups in total. The van der Waals surface area contributed by atoms with Crippen LogP contribution in [-0.2, 0) is 0 Å². The highest BCUT2D eigenvalue weighted by molar-refractivity contribution is 6.09.